The van der Waals surface area contributed by atoms with E-state index in [-0.39, 0.29) is 25.4 Å². The molecule has 0 radical (unpaired) electrons. The molecule has 0 fully saturated rings. The van der Waals surface area contributed by atoms with Crippen molar-refractivity contribution in [1.82, 2.24) is 0 Å². The van der Waals surface area contributed by atoms with E-state index in [0.29, 0.717) is 34.1 Å². The van der Waals surface area contributed by atoms with Crippen molar-refractivity contribution in [2.75, 3.05) is 14.2 Å². The largest absolute Gasteiger partial charge is 0.493 e. The van der Waals surface area contributed by atoms with Crippen molar-refractivity contribution < 1.29 is 29.2 Å². The second kappa shape index (κ2) is 15.2. The first-order valence-electron chi connectivity index (χ1n) is 13.8. The molecule has 0 aliphatic heterocycles. The van der Waals surface area contributed by atoms with Crippen molar-refractivity contribution in [3.63, 3.8) is 0 Å². The molecule has 0 saturated carbocycles. The fourth-order valence-corrected chi connectivity index (χ4v) is 4.05. The summed E-state index contributed by atoms with van der Waals surface area (Å²) in [5, 5.41) is 19.8. The van der Waals surface area contributed by atoms with Gasteiger partial charge in [0, 0.05) is 11.1 Å². The smallest absolute Gasteiger partial charge is 0.203 e. The highest BCUT2D eigenvalue weighted by Crippen LogP contribution is 2.40. The van der Waals surface area contributed by atoms with Crippen LogP contribution in [0.5, 0.6) is 23.0 Å². The van der Waals surface area contributed by atoms with Gasteiger partial charge in [0.25, 0.3) is 0 Å². The first kappa shape index (κ1) is 30.8. The lowest BCUT2D eigenvalue weighted by molar-refractivity contribution is 0.196. The molecule has 0 aliphatic rings. The second-order valence-corrected chi connectivity index (χ2v) is 9.75. The van der Waals surface area contributed by atoms with Gasteiger partial charge in [-0.05, 0) is 73.2 Å². The van der Waals surface area contributed by atoms with Gasteiger partial charge in [-0.1, -0.05) is 62.4 Å². The Balaban J connectivity index is 1.77. The van der Waals surface area contributed by atoms with E-state index < -0.39 is 0 Å². The molecule has 3 aromatic carbocycles. The minimum Gasteiger partial charge on any atom is -0.493 e. The van der Waals surface area contributed by atoms with Crippen LogP contribution in [0.2, 0.25) is 0 Å². The lowest BCUT2D eigenvalue weighted by Gasteiger charge is -2.19. The number of aliphatic hydroxyl groups excluding tert-OH is 2. The zero-order valence-electron chi connectivity index (χ0n) is 24.4. The Labute approximate surface area is 238 Å². The van der Waals surface area contributed by atoms with Gasteiger partial charge in [0.15, 0.2) is 11.5 Å². The Morgan fingerprint density at radius 3 is 1.35 bits per heavy atom. The van der Waals surface area contributed by atoms with Gasteiger partial charge < -0.3 is 29.2 Å². The van der Waals surface area contributed by atoms with E-state index >= 15 is 0 Å². The second-order valence-electron chi connectivity index (χ2n) is 9.75. The SMILES string of the molecule is CCC(C)Oc1c(CO)cc(C=Cc2ccc(C=Cc3cc(OC)c(OC(C)CC)c(OC)c3)cc2)cc1CO. The summed E-state index contributed by atoms with van der Waals surface area (Å²) in [4.78, 5) is 0. The van der Waals surface area contributed by atoms with Gasteiger partial charge in [-0.2, -0.15) is 0 Å². The molecule has 40 heavy (non-hydrogen) atoms. The maximum absolute atomic E-state index is 9.90. The van der Waals surface area contributed by atoms with Crippen LogP contribution in [0.3, 0.4) is 0 Å². The van der Waals surface area contributed by atoms with Crippen molar-refractivity contribution in [3.8, 4) is 23.0 Å². The van der Waals surface area contributed by atoms with Crippen molar-refractivity contribution in [2.45, 2.75) is 66.0 Å². The number of benzene rings is 3. The Bertz CT molecular complexity index is 1140. The molecule has 0 saturated heterocycles. The molecular weight excluding hydrogens is 504 g/mol. The standard InChI is InChI=1S/C34H42O6/c1-7-23(3)39-33-29(21-35)17-27(18-30(33)22-36)15-13-25-9-11-26(12-10-25)14-16-28-19-31(37-5)34(32(20-28)38-6)40-24(4)8-2/h9-20,23-24,35-36H,7-8,21-22H2,1-6H3. The third-order valence-corrected chi connectivity index (χ3v) is 6.75. The summed E-state index contributed by atoms with van der Waals surface area (Å²) in [7, 11) is 3.25. The number of hydrogen-bond donors (Lipinski definition) is 2. The molecule has 0 aliphatic carbocycles. The van der Waals surface area contributed by atoms with Gasteiger partial charge in [-0.15, -0.1) is 0 Å². The van der Waals surface area contributed by atoms with Gasteiger partial charge >= 0.3 is 0 Å². The van der Waals surface area contributed by atoms with E-state index in [0.717, 1.165) is 35.1 Å². The van der Waals surface area contributed by atoms with Crippen LogP contribution in [0.4, 0.5) is 0 Å². The molecule has 3 rings (SSSR count). The molecule has 6 heteroatoms. The molecular formula is C34H42O6. The van der Waals surface area contributed by atoms with Crippen molar-refractivity contribution in [3.05, 3.63) is 81.9 Å². The average molecular weight is 547 g/mol. The zero-order chi connectivity index (χ0) is 29.1. The lowest BCUT2D eigenvalue weighted by atomic mass is 10.0. The third-order valence-electron chi connectivity index (χ3n) is 6.75. The predicted octanol–water partition coefficient (Wildman–Crippen LogP) is 7.38. The van der Waals surface area contributed by atoms with Gasteiger partial charge in [-0.3, -0.25) is 0 Å². The lowest BCUT2D eigenvalue weighted by Crippen LogP contribution is -2.13. The van der Waals surface area contributed by atoms with Crippen molar-refractivity contribution in [1.29, 1.82) is 0 Å². The fraction of sp³-hybridized carbons (Fsp3) is 0.353. The van der Waals surface area contributed by atoms with Crippen LogP contribution in [0.1, 0.15) is 73.9 Å². The summed E-state index contributed by atoms with van der Waals surface area (Å²) in [5.41, 5.74) is 5.24. The summed E-state index contributed by atoms with van der Waals surface area (Å²) in [5.74, 6) is 2.45. The highest BCUT2D eigenvalue weighted by atomic mass is 16.5. The van der Waals surface area contributed by atoms with E-state index in [2.05, 4.69) is 6.92 Å². The van der Waals surface area contributed by atoms with Crippen LogP contribution in [-0.4, -0.2) is 36.6 Å². The zero-order valence-corrected chi connectivity index (χ0v) is 24.4. The monoisotopic (exact) mass is 546 g/mol. The van der Waals surface area contributed by atoms with Crippen molar-refractivity contribution >= 4 is 24.3 Å². The molecule has 2 N–H and O–H groups in total. The molecule has 3 aromatic rings. The number of aliphatic hydroxyl groups is 2. The van der Waals surface area contributed by atoms with Crippen LogP contribution in [0.15, 0.2) is 48.5 Å². The molecule has 6 nitrogen and oxygen atoms in total. The summed E-state index contributed by atoms with van der Waals surface area (Å²) in [6, 6.07) is 15.8. The number of rotatable bonds is 14. The van der Waals surface area contributed by atoms with E-state index in [1.165, 1.54) is 0 Å². The van der Waals surface area contributed by atoms with Gasteiger partial charge in [0.1, 0.15) is 5.75 Å². The average Bonchev–Trinajstić information content (AvgIpc) is 2.99. The van der Waals surface area contributed by atoms with E-state index in [9.17, 15) is 10.2 Å². The first-order chi connectivity index (χ1) is 19.3. The fourth-order valence-electron chi connectivity index (χ4n) is 4.05. The Kier molecular flexibility index (Phi) is 11.7. The van der Waals surface area contributed by atoms with Crippen LogP contribution >= 0.6 is 0 Å². The molecule has 0 bridgehead atoms. The van der Waals surface area contributed by atoms with Crippen LogP contribution < -0.4 is 18.9 Å². The van der Waals surface area contributed by atoms with E-state index in [1.54, 1.807) is 14.2 Å². The summed E-state index contributed by atoms with van der Waals surface area (Å²) >= 11 is 0. The minimum absolute atomic E-state index is 0.00314. The van der Waals surface area contributed by atoms with Gasteiger partial charge in [-0.25, -0.2) is 0 Å². The van der Waals surface area contributed by atoms with Crippen LogP contribution in [0.25, 0.3) is 24.3 Å². The quantitative estimate of drug-likeness (QED) is 0.205. The number of ether oxygens (including phenoxy) is 4. The highest BCUT2D eigenvalue weighted by Gasteiger charge is 2.16. The molecule has 2 atom stereocenters. The number of hydrogen-bond acceptors (Lipinski definition) is 6. The highest BCUT2D eigenvalue weighted by molar-refractivity contribution is 5.75. The van der Waals surface area contributed by atoms with Crippen LogP contribution in [0, 0.1) is 0 Å². The van der Waals surface area contributed by atoms with Crippen LogP contribution in [-0.2, 0) is 13.2 Å². The number of methoxy groups -OCH3 is 2. The summed E-state index contributed by atoms with van der Waals surface area (Å²) in [6.07, 6.45) is 9.79. The minimum atomic E-state index is -0.160. The molecule has 0 heterocycles. The molecule has 0 amide bonds. The predicted molar refractivity (Wildman–Crippen MR) is 163 cm³/mol. The maximum Gasteiger partial charge on any atom is 0.203 e. The van der Waals surface area contributed by atoms with E-state index in [4.69, 9.17) is 18.9 Å². The van der Waals surface area contributed by atoms with Crippen molar-refractivity contribution in [2.24, 2.45) is 0 Å². The first-order valence-corrected chi connectivity index (χ1v) is 13.8. The topological polar surface area (TPSA) is 77.4 Å². The summed E-state index contributed by atoms with van der Waals surface area (Å²) in [6.45, 7) is 7.78. The Morgan fingerprint density at radius 1 is 0.600 bits per heavy atom. The molecule has 0 spiro atoms. The maximum atomic E-state index is 9.90. The molecule has 214 valence electrons. The normalized spacial score (nSPS) is 13.0. The molecule has 2 unspecified atom stereocenters. The third kappa shape index (κ3) is 8.13. The molecule has 0 aromatic heterocycles. The summed E-state index contributed by atoms with van der Waals surface area (Å²) < 4.78 is 23.2. The Morgan fingerprint density at radius 2 is 0.975 bits per heavy atom. The van der Waals surface area contributed by atoms with Gasteiger partial charge in [0.2, 0.25) is 5.75 Å². The van der Waals surface area contributed by atoms with Gasteiger partial charge in [0.05, 0.1) is 39.6 Å². The van der Waals surface area contributed by atoms with E-state index in [1.807, 2.05) is 93.6 Å². The Hall–Kier alpha value is -3.74.